The molecule has 0 bridgehead atoms. The molecule has 0 atom stereocenters. The zero-order valence-electron chi connectivity index (χ0n) is 15.3. The normalized spacial score (nSPS) is 16.1. The molecule has 1 heterocycles. The van der Waals surface area contributed by atoms with Gasteiger partial charge in [0, 0.05) is 18.4 Å². The molecule has 2 rings (SSSR count). The zero-order valence-corrected chi connectivity index (χ0v) is 15.3. The van der Waals surface area contributed by atoms with E-state index in [1.165, 1.54) is 7.11 Å². The minimum atomic E-state index is -0.959. The highest BCUT2D eigenvalue weighted by Crippen LogP contribution is 2.19. The lowest BCUT2D eigenvalue weighted by Crippen LogP contribution is -2.34. The van der Waals surface area contributed by atoms with Gasteiger partial charge >= 0.3 is 5.97 Å². The van der Waals surface area contributed by atoms with Gasteiger partial charge < -0.3 is 14.6 Å². The lowest BCUT2D eigenvalue weighted by Gasteiger charge is -2.26. The van der Waals surface area contributed by atoms with Crippen LogP contribution in [0.25, 0.3) is 0 Å². The van der Waals surface area contributed by atoms with Crippen molar-refractivity contribution in [2.75, 3.05) is 20.3 Å². The van der Waals surface area contributed by atoms with Gasteiger partial charge in [0.1, 0.15) is 5.60 Å². The van der Waals surface area contributed by atoms with Crippen LogP contribution < -0.4 is 0 Å². The van der Waals surface area contributed by atoms with Gasteiger partial charge in [-0.25, -0.2) is 4.79 Å². The summed E-state index contributed by atoms with van der Waals surface area (Å²) >= 11 is 0. The van der Waals surface area contributed by atoms with Crippen molar-refractivity contribution in [3.8, 4) is 11.8 Å². The first-order valence-corrected chi connectivity index (χ1v) is 8.15. The van der Waals surface area contributed by atoms with Crippen LogP contribution in [0.3, 0.4) is 0 Å². The largest absolute Gasteiger partial charge is 0.465 e. The van der Waals surface area contributed by atoms with Crippen LogP contribution >= 0.6 is 0 Å². The fourth-order valence-electron chi connectivity index (χ4n) is 1.83. The molecule has 132 valence electrons. The van der Waals surface area contributed by atoms with Crippen molar-refractivity contribution in [2.24, 2.45) is 5.41 Å². The van der Waals surface area contributed by atoms with E-state index in [2.05, 4.69) is 44.3 Å². The highest BCUT2D eigenvalue weighted by Gasteiger charge is 2.27. The summed E-state index contributed by atoms with van der Waals surface area (Å²) in [4.78, 5) is 11.3. The second-order valence-electron chi connectivity index (χ2n) is 7.46. The molecular formula is C20H28O4. The first-order valence-electron chi connectivity index (χ1n) is 8.15. The van der Waals surface area contributed by atoms with Crippen LogP contribution in [0.1, 0.15) is 56.5 Å². The van der Waals surface area contributed by atoms with Crippen LogP contribution in [0.5, 0.6) is 0 Å². The van der Waals surface area contributed by atoms with Gasteiger partial charge in [0.25, 0.3) is 0 Å². The molecule has 0 radical (unpaired) electrons. The third-order valence-electron chi connectivity index (χ3n) is 3.07. The molecule has 1 fully saturated rings. The van der Waals surface area contributed by atoms with Gasteiger partial charge in [-0.1, -0.05) is 39.5 Å². The maximum atomic E-state index is 11.3. The van der Waals surface area contributed by atoms with E-state index in [4.69, 9.17) is 4.74 Å². The zero-order chi connectivity index (χ0) is 18.2. The highest BCUT2D eigenvalue weighted by molar-refractivity contribution is 5.89. The van der Waals surface area contributed by atoms with Gasteiger partial charge in [-0.15, -0.1) is 0 Å². The number of methoxy groups -OCH3 is 1. The Morgan fingerprint density at radius 3 is 2.12 bits per heavy atom. The lowest BCUT2D eigenvalue weighted by molar-refractivity contribution is -0.0262. The third-order valence-corrected chi connectivity index (χ3v) is 3.07. The standard InChI is InChI=1S/C15H16O4.C5H12/c1-18-14(16)13-4-2-12(3-5-13)6-7-15(17)8-10-19-11-9-15;1-5(2,3)4/h2-5,17H,8-11H2,1H3;1-4H3. The summed E-state index contributed by atoms with van der Waals surface area (Å²) < 4.78 is 9.81. The molecule has 4 heteroatoms. The molecule has 24 heavy (non-hydrogen) atoms. The van der Waals surface area contributed by atoms with E-state index in [9.17, 15) is 9.90 Å². The number of carbonyl (C=O) groups is 1. The van der Waals surface area contributed by atoms with Crippen LogP contribution in [-0.2, 0) is 9.47 Å². The summed E-state index contributed by atoms with van der Waals surface area (Å²) in [5.74, 6) is 5.45. The van der Waals surface area contributed by atoms with Gasteiger partial charge in [0.2, 0.25) is 0 Å². The van der Waals surface area contributed by atoms with Crippen molar-refractivity contribution < 1.29 is 19.4 Å². The van der Waals surface area contributed by atoms with E-state index in [1.807, 2.05) is 0 Å². The van der Waals surface area contributed by atoms with E-state index in [1.54, 1.807) is 24.3 Å². The Kier molecular flexibility index (Phi) is 7.47. The number of esters is 1. The lowest BCUT2D eigenvalue weighted by atomic mass is 9.95. The number of hydrogen-bond donors (Lipinski definition) is 1. The highest BCUT2D eigenvalue weighted by atomic mass is 16.5. The Balaban J connectivity index is 0.000000505. The maximum absolute atomic E-state index is 11.3. The van der Waals surface area contributed by atoms with Crippen LogP contribution in [0.2, 0.25) is 0 Å². The van der Waals surface area contributed by atoms with Crippen molar-refractivity contribution >= 4 is 5.97 Å². The monoisotopic (exact) mass is 332 g/mol. The minimum absolute atomic E-state index is 0.373. The Labute approximate surface area is 145 Å². The van der Waals surface area contributed by atoms with Gasteiger partial charge in [0.15, 0.2) is 0 Å². The number of rotatable bonds is 1. The molecule has 1 saturated heterocycles. The smallest absolute Gasteiger partial charge is 0.337 e. The van der Waals surface area contributed by atoms with Crippen molar-refractivity contribution in [3.05, 3.63) is 35.4 Å². The fraction of sp³-hybridized carbons (Fsp3) is 0.550. The minimum Gasteiger partial charge on any atom is -0.465 e. The molecule has 0 amide bonds. The Morgan fingerprint density at radius 1 is 1.17 bits per heavy atom. The third kappa shape index (κ3) is 8.14. The van der Waals surface area contributed by atoms with E-state index in [0.717, 1.165) is 5.56 Å². The summed E-state index contributed by atoms with van der Waals surface area (Å²) in [7, 11) is 1.34. The van der Waals surface area contributed by atoms with Gasteiger partial charge in [-0.2, -0.15) is 0 Å². The molecule has 1 aliphatic rings. The van der Waals surface area contributed by atoms with Crippen LogP contribution in [-0.4, -0.2) is 37.0 Å². The molecule has 0 unspecified atom stereocenters. The van der Waals surface area contributed by atoms with Gasteiger partial charge in [-0.05, 0) is 29.7 Å². The summed E-state index contributed by atoms with van der Waals surface area (Å²) in [5.41, 5.74) is 0.782. The number of carbonyl (C=O) groups excluding carboxylic acids is 1. The van der Waals surface area contributed by atoms with Gasteiger partial charge in [-0.3, -0.25) is 0 Å². The van der Waals surface area contributed by atoms with Gasteiger partial charge in [0.05, 0.1) is 25.9 Å². The second-order valence-corrected chi connectivity index (χ2v) is 7.46. The summed E-state index contributed by atoms with van der Waals surface area (Å²) in [5, 5.41) is 10.2. The second kappa shape index (κ2) is 8.86. The van der Waals surface area contributed by atoms with Crippen LogP contribution in [0.15, 0.2) is 24.3 Å². The maximum Gasteiger partial charge on any atom is 0.337 e. The van der Waals surface area contributed by atoms with Crippen molar-refractivity contribution in [1.82, 2.24) is 0 Å². The van der Waals surface area contributed by atoms with E-state index >= 15 is 0 Å². The van der Waals surface area contributed by atoms with Crippen molar-refractivity contribution in [1.29, 1.82) is 0 Å². The molecule has 0 saturated carbocycles. The number of aliphatic hydroxyl groups is 1. The average Bonchev–Trinajstić information content (AvgIpc) is 2.52. The SMILES string of the molecule is CC(C)(C)C.COC(=O)c1ccc(C#CC2(O)CCOCC2)cc1. The predicted molar refractivity (Wildman–Crippen MR) is 94.8 cm³/mol. The Hall–Kier alpha value is -1.83. The molecule has 0 aliphatic carbocycles. The molecule has 0 spiro atoms. The molecule has 4 nitrogen and oxygen atoms in total. The van der Waals surface area contributed by atoms with E-state index < -0.39 is 5.60 Å². The quantitative estimate of drug-likeness (QED) is 0.632. The van der Waals surface area contributed by atoms with Crippen molar-refractivity contribution in [2.45, 2.75) is 46.1 Å². The topological polar surface area (TPSA) is 55.8 Å². The van der Waals surface area contributed by atoms with Crippen LogP contribution in [0, 0.1) is 17.3 Å². The Bertz CT molecular complexity index is 573. The number of ether oxygens (including phenoxy) is 2. The molecular weight excluding hydrogens is 304 g/mol. The summed E-state index contributed by atoms with van der Waals surface area (Å²) in [6.45, 7) is 9.82. The molecule has 1 N–H and O–H groups in total. The first-order chi connectivity index (χ1) is 11.1. The summed E-state index contributed by atoms with van der Waals surface area (Å²) in [6, 6.07) is 6.79. The molecule has 1 aliphatic heterocycles. The van der Waals surface area contributed by atoms with Crippen molar-refractivity contribution in [3.63, 3.8) is 0 Å². The van der Waals surface area contributed by atoms with E-state index in [-0.39, 0.29) is 5.97 Å². The molecule has 0 aromatic heterocycles. The van der Waals surface area contributed by atoms with Crippen LogP contribution in [0.4, 0.5) is 0 Å². The summed E-state index contributed by atoms with van der Waals surface area (Å²) in [6.07, 6.45) is 1.06. The number of hydrogen-bond acceptors (Lipinski definition) is 4. The average molecular weight is 332 g/mol. The van der Waals surface area contributed by atoms with E-state index in [0.29, 0.717) is 37.0 Å². The fourth-order valence-corrected chi connectivity index (χ4v) is 1.83. The Morgan fingerprint density at radius 2 is 1.67 bits per heavy atom. The predicted octanol–water partition coefficient (Wildman–Crippen LogP) is 3.42. The molecule has 1 aromatic rings. The molecule has 1 aromatic carbocycles. The first kappa shape index (κ1) is 20.2. The number of benzene rings is 1.